The van der Waals surface area contributed by atoms with Gasteiger partial charge in [0.05, 0.1) is 17.1 Å². The topological polar surface area (TPSA) is 98.6 Å². The molecule has 2 aromatic carbocycles. The largest absolute Gasteiger partial charge is 0.504 e. The third-order valence-corrected chi connectivity index (χ3v) is 5.68. The Morgan fingerprint density at radius 1 is 1.10 bits per heavy atom. The van der Waals surface area contributed by atoms with Crippen LogP contribution in [0.25, 0.3) is 11.0 Å². The van der Waals surface area contributed by atoms with Crippen LogP contribution in [0.5, 0.6) is 11.5 Å². The molecule has 1 aliphatic rings. The maximum Gasteiger partial charge on any atom is 0.326 e. The van der Waals surface area contributed by atoms with Crippen molar-refractivity contribution in [1.82, 2.24) is 14.5 Å². The molecular formula is C21H24BrN3O4. The monoisotopic (exact) mass is 461 g/mol. The molecule has 3 N–H and O–H groups in total. The minimum absolute atomic E-state index is 0. The van der Waals surface area contributed by atoms with Crippen molar-refractivity contribution in [2.24, 2.45) is 0 Å². The van der Waals surface area contributed by atoms with E-state index in [-0.39, 0.29) is 52.0 Å². The zero-order valence-corrected chi connectivity index (χ0v) is 17.8. The molecule has 1 atom stereocenters. The minimum atomic E-state index is -0.343. The molecule has 154 valence electrons. The molecule has 2 heterocycles. The van der Waals surface area contributed by atoms with Gasteiger partial charge in [-0.05, 0) is 50.1 Å². The molecule has 0 saturated carbocycles. The standard InChI is InChI=1S/C21H23N3O4.BrH/c1-13(20(27)14-6-7-18(25)19(26)12-14)23-10-8-15(9-11-23)24-17-5-3-2-4-16(17)22-21(24)28;/h2-7,12-13,15,25-26H,8-11H2,1H3,(H,22,28);1H. The van der Waals surface area contributed by atoms with E-state index in [4.69, 9.17) is 0 Å². The molecule has 4 rings (SSSR count). The number of carbonyl (C=O) groups is 1. The van der Waals surface area contributed by atoms with E-state index in [2.05, 4.69) is 9.88 Å². The summed E-state index contributed by atoms with van der Waals surface area (Å²) in [6.07, 6.45) is 1.56. The molecule has 0 bridgehead atoms. The highest BCUT2D eigenvalue weighted by Crippen LogP contribution is 2.28. The van der Waals surface area contributed by atoms with Crippen LogP contribution < -0.4 is 5.69 Å². The van der Waals surface area contributed by atoms with Gasteiger partial charge in [0, 0.05) is 24.7 Å². The number of piperidine rings is 1. The molecule has 3 aromatic rings. The fourth-order valence-electron chi connectivity index (χ4n) is 4.05. The number of phenolic OH excluding ortho intramolecular Hbond substituents is 2. The zero-order chi connectivity index (χ0) is 19.8. The molecule has 1 unspecified atom stereocenters. The second kappa shape index (κ2) is 8.42. The quantitative estimate of drug-likeness (QED) is 0.409. The number of hydrogen-bond acceptors (Lipinski definition) is 5. The summed E-state index contributed by atoms with van der Waals surface area (Å²) in [6, 6.07) is 11.6. The predicted octanol–water partition coefficient (Wildman–Crippen LogP) is 3.23. The number of H-pyrrole nitrogens is 1. The highest BCUT2D eigenvalue weighted by molar-refractivity contribution is 8.93. The number of nitrogens with one attached hydrogen (secondary N) is 1. The first-order chi connectivity index (χ1) is 13.5. The van der Waals surface area contributed by atoms with Crippen molar-refractivity contribution in [2.45, 2.75) is 31.8 Å². The summed E-state index contributed by atoms with van der Waals surface area (Å²) < 4.78 is 1.83. The summed E-state index contributed by atoms with van der Waals surface area (Å²) in [5.74, 6) is -0.636. The number of halogens is 1. The molecule has 0 radical (unpaired) electrons. The number of imidazole rings is 1. The number of rotatable bonds is 4. The van der Waals surface area contributed by atoms with Gasteiger partial charge in [0.2, 0.25) is 0 Å². The highest BCUT2D eigenvalue weighted by Gasteiger charge is 2.29. The van der Waals surface area contributed by atoms with Crippen LogP contribution >= 0.6 is 17.0 Å². The molecule has 0 amide bonds. The van der Waals surface area contributed by atoms with Crippen LogP contribution in [0.1, 0.15) is 36.2 Å². The Labute approximate surface area is 178 Å². The van der Waals surface area contributed by atoms with Crippen LogP contribution in [0.2, 0.25) is 0 Å². The lowest BCUT2D eigenvalue weighted by Crippen LogP contribution is -2.45. The minimum Gasteiger partial charge on any atom is -0.504 e. The fraction of sp³-hybridized carbons (Fsp3) is 0.333. The van der Waals surface area contributed by atoms with Gasteiger partial charge >= 0.3 is 5.69 Å². The van der Waals surface area contributed by atoms with Gasteiger partial charge in [-0.1, -0.05) is 12.1 Å². The average Bonchev–Trinajstić information content (AvgIpc) is 3.04. The summed E-state index contributed by atoms with van der Waals surface area (Å²) in [4.78, 5) is 30.2. The number of benzene rings is 2. The number of aromatic hydroxyl groups is 2. The Kier molecular flexibility index (Phi) is 6.14. The summed E-state index contributed by atoms with van der Waals surface area (Å²) in [5.41, 5.74) is 2.03. The summed E-state index contributed by atoms with van der Waals surface area (Å²) in [7, 11) is 0. The lowest BCUT2D eigenvalue weighted by molar-refractivity contribution is 0.0775. The Balaban J connectivity index is 0.00000240. The number of phenols is 2. The first-order valence-corrected chi connectivity index (χ1v) is 9.45. The van der Waals surface area contributed by atoms with Gasteiger partial charge in [0.15, 0.2) is 17.3 Å². The van der Waals surface area contributed by atoms with Crippen LogP contribution in [0.4, 0.5) is 0 Å². The van der Waals surface area contributed by atoms with E-state index in [1.807, 2.05) is 35.8 Å². The van der Waals surface area contributed by atoms with Gasteiger partial charge in [-0.25, -0.2) is 4.79 Å². The molecule has 1 aromatic heterocycles. The molecule has 0 spiro atoms. The first kappa shape index (κ1) is 21.1. The average molecular weight is 462 g/mol. The van der Waals surface area contributed by atoms with E-state index < -0.39 is 0 Å². The molecule has 1 aliphatic heterocycles. The van der Waals surface area contributed by atoms with Crippen molar-refractivity contribution in [3.05, 3.63) is 58.5 Å². The molecule has 7 nitrogen and oxygen atoms in total. The normalized spacial score (nSPS) is 16.4. The van der Waals surface area contributed by atoms with Crippen molar-refractivity contribution in [3.63, 3.8) is 0 Å². The van der Waals surface area contributed by atoms with Crippen molar-refractivity contribution in [3.8, 4) is 11.5 Å². The van der Waals surface area contributed by atoms with E-state index in [9.17, 15) is 19.8 Å². The van der Waals surface area contributed by atoms with Gasteiger partial charge in [-0.3, -0.25) is 14.3 Å². The maximum absolute atomic E-state index is 12.8. The van der Waals surface area contributed by atoms with Crippen molar-refractivity contribution >= 4 is 33.8 Å². The molecule has 1 saturated heterocycles. The fourth-order valence-corrected chi connectivity index (χ4v) is 4.05. The van der Waals surface area contributed by atoms with Gasteiger partial charge in [-0.15, -0.1) is 17.0 Å². The van der Waals surface area contributed by atoms with E-state index >= 15 is 0 Å². The van der Waals surface area contributed by atoms with Crippen molar-refractivity contribution in [1.29, 1.82) is 0 Å². The van der Waals surface area contributed by atoms with Gasteiger partial charge in [0.25, 0.3) is 0 Å². The lowest BCUT2D eigenvalue weighted by atomic mass is 9.98. The molecule has 8 heteroatoms. The van der Waals surface area contributed by atoms with E-state index in [1.165, 1.54) is 18.2 Å². The second-order valence-corrected chi connectivity index (χ2v) is 7.33. The van der Waals surface area contributed by atoms with Crippen molar-refractivity contribution < 1.29 is 15.0 Å². The van der Waals surface area contributed by atoms with E-state index in [0.717, 1.165) is 23.9 Å². The number of carbonyl (C=O) groups excluding carboxylic acids is 1. The Hall–Kier alpha value is -2.58. The molecular weight excluding hydrogens is 438 g/mol. The van der Waals surface area contributed by atoms with E-state index in [0.29, 0.717) is 18.7 Å². The smallest absolute Gasteiger partial charge is 0.326 e. The zero-order valence-electron chi connectivity index (χ0n) is 16.0. The van der Waals surface area contributed by atoms with E-state index in [1.54, 1.807) is 0 Å². The highest BCUT2D eigenvalue weighted by atomic mass is 79.9. The van der Waals surface area contributed by atoms with Crippen LogP contribution in [0, 0.1) is 0 Å². The number of aromatic nitrogens is 2. The Bertz CT molecular complexity index is 1080. The van der Waals surface area contributed by atoms with Gasteiger partial charge < -0.3 is 15.2 Å². The van der Waals surface area contributed by atoms with Crippen LogP contribution in [-0.2, 0) is 0 Å². The van der Waals surface area contributed by atoms with Gasteiger partial charge in [-0.2, -0.15) is 0 Å². The third-order valence-electron chi connectivity index (χ3n) is 5.68. The Morgan fingerprint density at radius 2 is 1.79 bits per heavy atom. The number of ketones is 1. The molecule has 29 heavy (non-hydrogen) atoms. The van der Waals surface area contributed by atoms with Crippen LogP contribution in [0.15, 0.2) is 47.3 Å². The number of fused-ring (bicyclic) bond motifs is 1. The van der Waals surface area contributed by atoms with Crippen LogP contribution in [0.3, 0.4) is 0 Å². The number of nitrogens with zero attached hydrogens (tertiary/aromatic N) is 2. The number of likely N-dealkylation sites (tertiary alicyclic amines) is 1. The number of para-hydroxylation sites is 2. The van der Waals surface area contributed by atoms with Crippen molar-refractivity contribution in [2.75, 3.05) is 13.1 Å². The third kappa shape index (κ3) is 3.95. The Morgan fingerprint density at radius 3 is 2.48 bits per heavy atom. The lowest BCUT2D eigenvalue weighted by Gasteiger charge is -2.35. The predicted molar refractivity (Wildman–Crippen MR) is 116 cm³/mol. The maximum atomic E-state index is 12.8. The van der Waals surface area contributed by atoms with Gasteiger partial charge in [0.1, 0.15) is 0 Å². The molecule has 1 fully saturated rings. The number of Topliss-reactive ketones (excluding diaryl/α,β-unsaturated/α-hetero) is 1. The first-order valence-electron chi connectivity index (χ1n) is 9.45. The SMILES string of the molecule is Br.CC(C(=O)c1ccc(O)c(O)c1)N1CCC(n2c(=O)[nH]c3ccccc32)CC1. The van der Waals surface area contributed by atoms with Crippen LogP contribution in [-0.4, -0.2) is 49.6 Å². The number of hydrogen-bond donors (Lipinski definition) is 3. The summed E-state index contributed by atoms with van der Waals surface area (Å²) in [5, 5.41) is 19.1. The summed E-state index contributed by atoms with van der Waals surface area (Å²) >= 11 is 0. The summed E-state index contributed by atoms with van der Waals surface area (Å²) in [6.45, 7) is 3.26. The molecule has 0 aliphatic carbocycles. The number of aromatic amines is 1. The second-order valence-electron chi connectivity index (χ2n) is 7.33.